The molecule has 12 heteroatoms. The molecule has 3 aromatic rings. The zero-order valence-corrected chi connectivity index (χ0v) is 22.6. The highest BCUT2D eigenvalue weighted by atomic mass is 79.9. The Bertz CT molecular complexity index is 1390. The van der Waals surface area contributed by atoms with Crippen LogP contribution in [0.5, 0.6) is 0 Å². The highest BCUT2D eigenvalue weighted by molar-refractivity contribution is 9.10. The molecule has 0 spiro atoms. The van der Waals surface area contributed by atoms with E-state index in [2.05, 4.69) is 26.3 Å². The van der Waals surface area contributed by atoms with Crippen LogP contribution in [0.4, 0.5) is 15.1 Å². The largest absolute Gasteiger partial charge is 0.445 e. The number of carbonyl (C=O) groups is 1. The molecule has 202 valence electrons. The lowest BCUT2D eigenvalue weighted by Gasteiger charge is -2.42. The number of halogens is 2. The van der Waals surface area contributed by atoms with E-state index in [9.17, 15) is 9.59 Å². The molecule has 6 rings (SSSR count). The molecule has 2 aromatic heterocycles. The van der Waals surface area contributed by atoms with Gasteiger partial charge in [-0.1, -0.05) is 30.3 Å². The number of alkyl carbamates (subject to hydrolysis) is 1. The van der Waals surface area contributed by atoms with Crippen molar-refractivity contribution in [3.63, 3.8) is 0 Å². The van der Waals surface area contributed by atoms with E-state index in [4.69, 9.17) is 14.5 Å². The van der Waals surface area contributed by atoms with Gasteiger partial charge in [-0.05, 0) is 60.0 Å². The molecule has 10 nitrogen and oxygen atoms in total. The molecule has 0 radical (unpaired) electrons. The van der Waals surface area contributed by atoms with Crippen LogP contribution in [0.25, 0.3) is 11.0 Å². The number of amides is 1. The number of ether oxygens (including phenoxy) is 2. The molecule has 0 aliphatic carbocycles. The number of rotatable bonds is 5. The molecule has 1 amide bonds. The Morgan fingerprint density at radius 1 is 1.24 bits per heavy atom. The number of alkyl halides is 1. The van der Waals surface area contributed by atoms with Crippen LogP contribution < -0.4 is 15.8 Å². The highest BCUT2D eigenvalue weighted by Gasteiger charge is 2.50. The first-order valence-electron chi connectivity index (χ1n) is 13.1. The molecule has 5 heterocycles. The standard InChI is InChI=1S/C26H30BrFN6O4/c1-32-24(35)20-22(27)31-34(19-9-5-6-12-37-19)23(20)30-25(32)33-16-10-11-18(33)21(28)17(13-16)29-26(36)38-14-15-7-3-2-4-8-15/h2-4,7-8,16-19,21H,5-6,9-14H2,1H3,(H,29,36)/t16-,17+,18+,19?,21-/m1/s1. The topological polar surface area (TPSA) is 104 Å². The number of carbonyl (C=O) groups excluding carboxylic acids is 1. The first-order chi connectivity index (χ1) is 18.4. The Morgan fingerprint density at radius 2 is 2.05 bits per heavy atom. The summed E-state index contributed by atoms with van der Waals surface area (Å²) >= 11 is 3.43. The van der Waals surface area contributed by atoms with Crippen LogP contribution in [0.2, 0.25) is 0 Å². The van der Waals surface area contributed by atoms with Gasteiger partial charge in [0.15, 0.2) is 11.9 Å². The normalized spacial score (nSPS) is 27.0. The summed E-state index contributed by atoms with van der Waals surface area (Å²) in [6, 6.07) is 8.08. The number of anilines is 1. The first kappa shape index (κ1) is 25.3. The van der Waals surface area contributed by atoms with Gasteiger partial charge in [0.2, 0.25) is 5.95 Å². The molecular formula is C26H30BrFN6O4. The summed E-state index contributed by atoms with van der Waals surface area (Å²) in [7, 11) is 1.66. The fourth-order valence-corrected chi connectivity index (χ4v) is 6.50. The number of fused-ring (bicyclic) bond motifs is 3. The van der Waals surface area contributed by atoms with Crippen molar-refractivity contribution in [1.29, 1.82) is 0 Å². The minimum absolute atomic E-state index is 0.0762. The highest BCUT2D eigenvalue weighted by Crippen LogP contribution is 2.40. The van der Waals surface area contributed by atoms with Gasteiger partial charge in [-0.2, -0.15) is 10.1 Å². The van der Waals surface area contributed by atoms with Crippen molar-refractivity contribution in [3.05, 3.63) is 50.9 Å². The van der Waals surface area contributed by atoms with E-state index >= 15 is 4.39 Å². The van der Waals surface area contributed by atoms with Gasteiger partial charge >= 0.3 is 6.09 Å². The number of piperidine rings is 1. The van der Waals surface area contributed by atoms with E-state index in [0.717, 1.165) is 31.2 Å². The SMILES string of the molecule is Cn1c(N2[C@@H]3CC[C@H]2[C@H](F)[C@@H](NC(=O)OCc2ccccc2)C3)nc2c(c(Br)nn2C2CCCCO2)c1=O. The summed E-state index contributed by atoms with van der Waals surface area (Å²) in [6.07, 6.45) is 2.23. The van der Waals surface area contributed by atoms with Gasteiger partial charge in [-0.15, -0.1) is 0 Å². The summed E-state index contributed by atoms with van der Waals surface area (Å²) in [5.41, 5.74) is 1.04. The maximum absolute atomic E-state index is 15.8. The molecule has 5 atom stereocenters. The van der Waals surface area contributed by atoms with Crippen LogP contribution in [-0.4, -0.2) is 56.3 Å². The van der Waals surface area contributed by atoms with E-state index in [-0.39, 0.29) is 24.4 Å². The third-order valence-corrected chi connectivity index (χ3v) is 8.42. The molecule has 38 heavy (non-hydrogen) atoms. The van der Waals surface area contributed by atoms with Gasteiger partial charge in [0.05, 0.1) is 12.1 Å². The van der Waals surface area contributed by atoms with Gasteiger partial charge in [-0.3, -0.25) is 9.36 Å². The van der Waals surface area contributed by atoms with E-state index < -0.39 is 24.3 Å². The molecule has 1 unspecified atom stereocenters. The van der Waals surface area contributed by atoms with Gasteiger partial charge in [0.25, 0.3) is 5.56 Å². The summed E-state index contributed by atoms with van der Waals surface area (Å²) in [6.45, 7) is 0.749. The number of hydrogen-bond acceptors (Lipinski definition) is 7. The Labute approximate surface area is 227 Å². The lowest BCUT2D eigenvalue weighted by Crippen LogP contribution is -2.59. The number of aromatic nitrogens is 4. The van der Waals surface area contributed by atoms with Gasteiger partial charge in [-0.25, -0.2) is 13.9 Å². The van der Waals surface area contributed by atoms with E-state index in [0.29, 0.717) is 41.0 Å². The van der Waals surface area contributed by atoms with Crippen molar-refractivity contribution in [2.24, 2.45) is 7.05 Å². The van der Waals surface area contributed by atoms with Crippen molar-refractivity contribution in [2.75, 3.05) is 11.5 Å². The quantitative estimate of drug-likeness (QED) is 0.481. The van der Waals surface area contributed by atoms with Crippen LogP contribution in [0.15, 0.2) is 39.7 Å². The van der Waals surface area contributed by atoms with Crippen molar-refractivity contribution < 1.29 is 18.7 Å². The number of nitrogens with zero attached hydrogens (tertiary/aromatic N) is 5. The maximum atomic E-state index is 15.8. The lowest BCUT2D eigenvalue weighted by molar-refractivity contribution is -0.0371. The summed E-state index contributed by atoms with van der Waals surface area (Å²) in [5, 5.41) is 7.65. The first-order valence-corrected chi connectivity index (χ1v) is 13.9. The second kappa shape index (κ2) is 10.3. The summed E-state index contributed by atoms with van der Waals surface area (Å²) in [5.74, 6) is 0.409. The number of nitrogens with one attached hydrogen (secondary N) is 1. The van der Waals surface area contributed by atoms with Crippen LogP contribution in [0.3, 0.4) is 0 Å². The van der Waals surface area contributed by atoms with Crippen LogP contribution in [-0.2, 0) is 23.1 Å². The molecule has 1 N–H and O–H groups in total. The molecule has 0 saturated carbocycles. The summed E-state index contributed by atoms with van der Waals surface area (Å²) in [4.78, 5) is 32.7. The summed E-state index contributed by atoms with van der Waals surface area (Å²) < 4.78 is 30.7. The molecule has 3 aliphatic rings. The minimum Gasteiger partial charge on any atom is -0.445 e. The maximum Gasteiger partial charge on any atom is 0.407 e. The molecule has 1 aromatic carbocycles. The van der Waals surface area contributed by atoms with Gasteiger partial charge in [0.1, 0.15) is 22.8 Å². The predicted molar refractivity (Wildman–Crippen MR) is 142 cm³/mol. The number of hydrogen-bond donors (Lipinski definition) is 1. The van der Waals surface area contributed by atoms with Crippen molar-refractivity contribution in [3.8, 4) is 0 Å². The zero-order chi connectivity index (χ0) is 26.4. The van der Waals surface area contributed by atoms with Crippen molar-refractivity contribution in [2.45, 2.75) is 75.7 Å². The predicted octanol–water partition coefficient (Wildman–Crippen LogP) is 3.97. The molecule has 3 fully saturated rings. The minimum atomic E-state index is -1.34. The van der Waals surface area contributed by atoms with Gasteiger partial charge in [0, 0.05) is 19.7 Å². The van der Waals surface area contributed by atoms with Crippen LogP contribution in [0.1, 0.15) is 50.3 Å². The van der Waals surface area contributed by atoms with E-state index in [1.165, 1.54) is 4.57 Å². The van der Waals surface area contributed by atoms with Gasteiger partial charge < -0.3 is 19.7 Å². The molecular weight excluding hydrogens is 559 g/mol. The van der Waals surface area contributed by atoms with E-state index in [1.54, 1.807) is 11.7 Å². The van der Waals surface area contributed by atoms with Crippen molar-refractivity contribution >= 4 is 39.0 Å². The monoisotopic (exact) mass is 588 g/mol. The van der Waals surface area contributed by atoms with Crippen LogP contribution in [0, 0.1) is 0 Å². The molecule has 3 saturated heterocycles. The van der Waals surface area contributed by atoms with E-state index in [1.807, 2.05) is 35.2 Å². The Kier molecular flexibility index (Phi) is 6.85. The third kappa shape index (κ3) is 4.47. The fraction of sp³-hybridized carbons (Fsp3) is 0.538. The van der Waals surface area contributed by atoms with Crippen molar-refractivity contribution in [1.82, 2.24) is 24.6 Å². The zero-order valence-electron chi connectivity index (χ0n) is 21.1. The third-order valence-electron chi connectivity index (χ3n) is 7.87. The Hall–Kier alpha value is -2.99. The average Bonchev–Trinajstić information content (AvgIpc) is 3.45. The average molecular weight is 589 g/mol. The smallest absolute Gasteiger partial charge is 0.407 e. The fourth-order valence-electron chi connectivity index (χ4n) is 5.98. The molecule has 3 aliphatic heterocycles. The lowest BCUT2D eigenvalue weighted by atomic mass is 9.95. The number of benzene rings is 1. The molecule has 2 bridgehead atoms. The second-order valence-corrected chi connectivity index (χ2v) is 11.0. The Balaban J connectivity index is 1.24. The second-order valence-electron chi connectivity index (χ2n) is 10.2. The van der Waals surface area contributed by atoms with Crippen LogP contribution >= 0.6 is 15.9 Å². The Morgan fingerprint density at radius 3 is 2.82 bits per heavy atom.